The zero-order valence-corrected chi connectivity index (χ0v) is 15.4. The third-order valence-corrected chi connectivity index (χ3v) is 4.87. The van der Waals surface area contributed by atoms with Gasteiger partial charge in [-0.3, -0.25) is 29.3 Å². The van der Waals surface area contributed by atoms with Gasteiger partial charge in [0.25, 0.3) is 11.8 Å². The highest BCUT2D eigenvalue weighted by Crippen LogP contribution is 2.30. The highest BCUT2D eigenvalue weighted by Gasteiger charge is 2.40. The van der Waals surface area contributed by atoms with Crippen LogP contribution >= 0.6 is 0 Å². The standard InChI is InChI=1S/C20H19N5O3/c1-24-19(27)15-5-3-9-25(18(15)20(24)28)12-17(26)23-14-6-7-16(22-11-14)13-4-2-8-21-10-13/h2,4,6-8,10-11H,3,5,9,12H2,1H3,(H,23,26). The van der Waals surface area contributed by atoms with Crippen molar-refractivity contribution in [3.05, 3.63) is 54.1 Å². The van der Waals surface area contributed by atoms with E-state index in [1.807, 2.05) is 18.2 Å². The van der Waals surface area contributed by atoms with Crippen molar-refractivity contribution in [2.45, 2.75) is 12.8 Å². The molecule has 3 amide bonds. The van der Waals surface area contributed by atoms with E-state index >= 15 is 0 Å². The van der Waals surface area contributed by atoms with E-state index in [1.165, 1.54) is 7.05 Å². The molecule has 1 N–H and O–H groups in total. The number of nitrogens with zero attached hydrogens (tertiary/aromatic N) is 4. The number of hydrogen-bond donors (Lipinski definition) is 1. The normalized spacial score (nSPS) is 16.5. The Kier molecular flexibility index (Phi) is 4.60. The Morgan fingerprint density at radius 3 is 2.75 bits per heavy atom. The van der Waals surface area contributed by atoms with Crippen LogP contribution in [-0.2, 0) is 14.4 Å². The molecule has 2 aromatic rings. The van der Waals surface area contributed by atoms with Crippen LogP contribution in [0.25, 0.3) is 11.3 Å². The summed E-state index contributed by atoms with van der Waals surface area (Å²) < 4.78 is 0. The topological polar surface area (TPSA) is 95.5 Å². The molecule has 0 radical (unpaired) electrons. The monoisotopic (exact) mass is 377 g/mol. The number of carbonyl (C=O) groups is 3. The van der Waals surface area contributed by atoms with E-state index in [0.717, 1.165) is 22.6 Å². The molecule has 8 nitrogen and oxygen atoms in total. The lowest BCUT2D eigenvalue weighted by atomic mass is 10.0. The maximum absolute atomic E-state index is 12.5. The number of imide groups is 1. The van der Waals surface area contributed by atoms with Gasteiger partial charge in [-0.2, -0.15) is 0 Å². The molecule has 4 rings (SSSR count). The number of nitrogens with one attached hydrogen (secondary N) is 1. The van der Waals surface area contributed by atoms with Gasteiger partial charge in [-0.05, 0) is 37.1 Å². The molecular weight excluding hydrogens is 358 g/mol. The third kappa shape index (κ3) is 3.24. The summed E-state index contributed by atoms with van der Waals surface area (Å²) in [5, 5.41) is 2.79. The Morgan fingerprint density at radius 1 is 1.18 bits per heavy atom. The molecule has 0 saturated heterocycles. The van der Waals surface area contributed by atoms with Crippen molar-refractivity contribution in [1.82, 2.24) is 19.8 Å². The van der Waals surface area contributed by atoms with E-state index in [2.05, 4.69) is 15.3 Å². The first kappa shape index (κ1) is 17.8. The van der Waals surface area contributed by atoms with E-state index in [-0.39, 0.29) is 24.3 Å². The highest BCUT2D eigenvalue weighted by atomic mass is 16.2. The summed E-state index contributed by atoms with van der Waals surface area (Å²) in [6, 6.07) is 7.32. The first-order valence-electron chi connectivity index (χ1n) is 9.01. The number of likely N-dealkylation sites (N-methyl/N-ethyl adjacent to an activating group) is 1. The molecule has 0 bridgehead atoms. The van der Waals surface area contributed by atoms with Crippen molar-refractivity contribution < 1.29 is 14.4 Å². The molecular formula is C20H19N5O3. The van der Waals surface area contributed by atoms with Crippen LogP contribution in [0.15, 0.2) is 54.1 Å². The molecule has 142 valence electrons. The summed E-state index contributed by atoms with van der Waals surface area (Å²) in [6.07, 6.45) is 6.31. The number of amides is 3. The molecule has 2 aliphatic heterocycles. The summed E-state index contributed by atoms with van der Waals surface area (Å²) in [6.45, 7) is 0.577. The van der Waals surface area contributed by atoms with Gasteiger partial charge >= 0.3 is 0 Å². The minimum Gasteiger partial charge on any atom is -0.357 e. The number of pyridine rings is 2. The van der Waals surface area contributed by atoms with Gasteiger partial charge in [0.15, 0.2) is 0 Å². The van der Waals surface area contributed by atoms with Crippen LogP contribution in [0.4, 0.5) is 5.69 Å². The molecule has 2 aliphatic rings. The quantitative estimate of drug-likeness (QED) is 0.810. The maximum Gasteiger partial charge on any atom is 0.277 e. The summed E-state index contributed by atoms with van der Waals surface area (Å²) in [7, 11) is 1.47. The lowest BCUT2D eigenvalue weighted by Gasteiger charge is -2.28. The number of carbonyl (C=O) groups excluding carboxylic acids is 3. The first-order valence-corrected chi connectivity index (χ1v) is 9.01. The van der Waals surface area contributed by atoms with Gasteiger partial charge in [0, 0.05) is 37.1 Å². The number of rotatable bonds is 4. The summed E-state index contributed by atoms with van der Waals surface area (Å²) >= 11 is 0. The Labute approximate surface area is 161 Å². The molecule has 0 spiro atoms. The second-order valence-corrected chi connectivity index (χ2v) is 6.74. The Bertz CT molecular complexity index is 969. The van der Waals surface area contributed by atoms with E-state index in [4.69, 9.17) is 0 Å². The Morgan fingerprint density at radius 2 is 2.04 bits per heavy atom. The second kappa shape index (κ2) is 7.22. The molecule has 0 aliphatic carbocycles. The summed E-state index contributed by atoms with van der Waals surface area (Å²) in [5.41, 5.74) is 3.08. The molecule has 4 heterocycles. The van der Waals surface area contributed by atoms with Crippen LogP contribution in [0.2, 0.25) is 0 Å². The molecule has 8 heteroatoms. The zero-order chi connectivity index (χ0) is 19.7. The van der Waals surface area contributed by atoms with Crippen molar-refractivity contribution in [3.63, 3.8) is 0 Å². The van der Waals surface area contributed by atoms with E-state index < -0.39 is 0 Å². The average molecular weight is 377 g/mol. The highest BCUT2D eigenvalue weighted by molar-refractivity contribution is 6.19. The predicted octanol–water partition coefficient (Wildman–Crippen LogP) is 1.43. The first-order chi connectivity index (χ1) is 13.5. The molecule has 0 unspecified atom stereocenters. The molecule has 2 aromatic heterocycles. The molecule has 0 aromatic carbocycles. The van der Waals surface area contributed by atoms with E-state index in [0.29, 0.717) is 29.9 Å². The van der Waals surface area contributed by atoms with Crippen LogP contribution in [-0.4, -0.2) is 57.6 Å². The fraction of sp³-hybridized carbons (Fsp3) is 0.250. The smallest absolute Gasteiger partial charge is 0.277 e. The lowest BCUT2D eigenvalue weighted by molar-refractivity contribution is -0.136. The SMILES string of the molecule is CN1C(=O)C2=C(C1=O)N(CC(=O)Nc1ccc(-c3cccnc3)nc1)CCC2. The van der Waals surface area contributed by atoms with Gasteiger partial charge in [-0.1, -0.05) is 0 Å². The van der Waals surface area contributed by atoms with Crippen molar-refractivity contribution >= 4 is 23.4 Å². The maximum atomic E-state index is 12.5. The van der Waals surface area contributed by atoms with E-state index in [1.54, 1.807) is 29.6 Å². The van der Waals surface area contributed by atoms with Gasteiger partial charge in [0.1, 0.15) is 5.70 Å². The molecule has 28 heavy (non-hydrogen) atoms. The minimum atomic E-state index is -0.338. The fourth-order valence-corrected chi connectivity index (χ4v) is 3.48. The van der Waals surface area contributed by atoms with Crippen LogP contribution in [0.3, 0.4) is 0 Å². The van der Waals surface area contributed by atoms with Crippen LogP contribution in [0.5, 0.6) is 0 Å². The van der Waals surface area contributed by atoms with Crippen LogP contribution in [0.1, 0.15) is 12.8 Å². The zero-order valence-electron chi connectivity index (χ0n) is 15.4. The number of aromatic nitrogens is 2. The van der Waals surface area contributed by atoms with Crippen molar-refractivity contribution in [1.29, 1.82) is 0 Å². The second-order valence-electron chi connectivity index (χ2n) is 6.74. The fourth-order valence-electron chi connectivity index (χ4n) is 3.48. The summed E-state index contributed by atoms with van der Waals surface area (Å²) in [5.74, 6) is -0.866. The summed E-state index contributed by atoms with van der Waals surface area (Å²) in [4.78, 5) is 48.1. The predicted molar refractivity (Wildman–Crippen MR) is 102 cm³/mol. The van der Waals surface area contributed by atoms with Crippen molar-refractivity contribution in [2.75, 3.05) is 25.5 Å². The number of hydrogen-bond acceptors (Lipinski definition) is 6. The van der Waals surface area contributed by atoms with Crippen LogP contribution < -0.4 is 5.32 Å². The largest absolute Gasteiger partial charge is 0.357 e. The van der Waals surface area contributed by atoms with Crippen molar-refractivity contribution in [3.8, 4) is 11.3 Å². The third-order valence-electron chi connectivity index (χ3n) is 4.87. The van der Waals surface area contributed by atoms with Crippen molar-refractivity contribution in [2.24, 2.45) is 0 Å². The van der Waals surface area contributed by atoms with Gasteiger partial charge in [-0.25, -0.2) is 0 Å². The molecule has 0 atom stereocenters. The van der Waals surface area contributed by atoms with Gasteiger partial charge in [0.2, 0.25) is 5.91 Å². The lowest BCUT2D eigenvalue weighted by Crippen LogP contribution is -2.38. The van der Waals surface area contributed by atoms with Gasteiger partial charge in [0.05, 0.1) is 24.1 Å². The molecule has 0 saturated carbocycles. The molecule has 0 fully saturated rings. The minimum absolute atomic E-state index is 0.00997. The number of anilines is 1. The Balaban J connectivity index is 1.43. The van der Waals surface area contributed by atoms with Crippen LogP contribution in [0, 0.1) is 0 Å². The average Bonchev–Trinajstić information content (AvgIpc) is 2.94. The van der Waals surface area contributed by atoms with Gasteiger partial charge < -0.3 is 10.2 Å². The van der Waals surface area contributed by atoms with Gasteiger partial charge in [-0.15, -0.1) is 0 Å². The van der Waals surface area contributed by atoms with E-state index in [9.17, 15) is 14.4 Å². The Hall–Kier alpha value is -3.55.